The molecule has 1 saturated heterocycles. The maximum absolute atomic E-state index is 13.5. The Morgan fingerprint density at radius 2 is 2.20 bits per heavy atom. The first kappa shape index (κ1) is 14.8. The van der Waals surface area contributed by atoms with Crippen LogP contribution in [0.5, 0.6) is 5.75 Å². The number of nitrogens with two attached hydrogens (primary N) is 1. The van der Waals surface area contributed by atoms with Crippen molar-refractivity contribution in [2.75, 3.05) is 31.2 Å². The second kappa shape index (κ2) is 6.21. The third kappa shape index (κ3) is 3.69. The van der Waals surface area contributed by atoms with Crippen molar-refractivity contribution in [1.29, 1.82) is 0 Å². The number of hydrogen-bond acceptors (Lipinski definition) is 4. The van der Waals surface area contributed by atoms with Gasteiger partial charge in [0, 0.05) is 24.7 Å². The van der Waals surface area contributed by atoms with Crippen LogP contribution in [-0.4, -0.2) is 37.7 Å². The van der Waals surface area contributed by atoms with Crippen molar-refractivity contribution in [2.24, 2.45) is 0 Å². The van der Waals surface area contributed by atoms with Crippen molar-refractivity contribution in [3.05, 3.63) is 17.9 Å². The van der Waals surface area contributed by atoms with Gasteiger partial charge in [-0.1, -0.05) is 0 Å². The molecule has 0 bridgehead atoms. The Labute approximate surface area is 115 Å². The number of nitrogens with one attached hydrogen (secondary N) is 1. The standard InChI is InChI=1S/C13H18F3N3O/c1-19-4-2-3-8(7-19)18-11-6-12(20-13(15)16)9(14)5-10(11)17/h5-6,8,13,18H,2-4,7,17H2,1H3. The van der Waals surface area contributed by atoms with Gasteiger partial charge in [0.1, 0.15) is 0 Å². The van der Waals surface area contributed by atoms with E-state index in [0.29, 0.717) is 5.69 Å². The van der Waals surface area contributed by atoms with Gasteiger partial charge in [0.15, 0.2) is 11.6 Å². The molecule has 1 unspecified atom stereocenters. The van der Waals surface area contributed by atoms with Gasteiger partial charge in [0.05, 0.1) is 11.4 Å². The SMILES string of the molecule is CN1CCCC(Nc2cc(OC(F)F)c(F)cc2N)C1. The molecule has 0 spiro atoms. The number of nitrogens with zero attached hydrogens (tertiary/aromatic N) is 1. The van der Waals surface area contributed by atoms with Crippen molar-refractivity contribution < 1.29 is 17.9 Å². The zero-order chi connectivity index (χ0) is 14.7. The molecule has 1 heterocycles. The number of piperidine rings is 1. The summed E-state index contributed by atoms with van der Waals surface area (Å²) in [5.41, 5.74) is 6.31. The summed E-state index contributed by atoms with van der Waals surface area (Å²) in [7, 11) is 2.01. The predicted molar refractivity (Wildman–Crippen MR) is 71.6 cm³/mol. The number of likely N-dealkylation sites (N-methyl/N-ethyl adjacent to an activating group) is 1. The van der Waals surface area contributed by atoms with Crippen molar-refractivity contribution >= 4 is 11.4 Å². The second-order valence-corrected chi connectivity index (χ2v) is 4.99. The number of likely N-dealkylation sites (tertiary alicyclic amines) is 1. The summed E-state index contributed by atoms with van der Waals surface area (Å²) in [6.45, 7) is -1.22. The quantitative estimate of drug-likeness (QED) is 0.836. The van der Waals surface area contributed by atoms with Crippen LogP contribution in [0.3, 0.4) is 0 Å². The van der Waals surface area contributed by atoms with Gasteiger partial charge in [0.2, 0.25) is 0 Å². The van der Waals surface area contributed by atoms with Gasteiger partial charge in [-0.05, 0) is 26.4 Å². The molecule has 0 aromatic heterocycles. The van der Waals surface area contributed by atoms with E-state index in [-0.39, 0.29) is 11.7 Å². The van der Waals surface area contributed by atoms with Gasteiger partial charge >= 0.3 is 6.61 Å². The largest absolute Gasteiger partial charge is 0.432 e. The molecule has 0 saturated carbocycles. The number of alkyl halides is 2. The van der Waals surface area contributed by atoms with Gasteiger partial charge in [0.25, 0.3) is 0 Å². The topological polar surface area (TPSA) is 50.5 Å². The molecule has 20 heavy (non-hydrogen) atoms. The molecule has 0 radical (unpaired) electrons. The average molecular weight is 289 g/mol. The molecule has 1 aromatic carbocycles. The molecule has 1 atom stereocenters. The van der Waals surface area contributed by atoms with Crippen molar-refractivity contribution in [3.8, 4) is 5.75 Å². The van der Waals surface area contributed by atoms with E-state index < -0.39 is 18.2 Å². The highest BCUT2D eigenvalue weighted by molar-refractivity contribution is 5.69. The van der Waals surface area contributed by atoms with Crippen molar-refractivity contribution in [1.82, 2.24) is 4.90 Å². The number of halogens is 3. The first-order valence-electron chi connectivity index (χ1n) is 6.44. The molecule has 0 aliphatic carbocycles. The number of benzene rings is 1. The monoisotopic (exact) mass is 289 g/mol. The van der Waals surface area contributed by atoms with E-state index in [1.807, 2.05) is 7.05 Å². The average Bonchev–Trinajstić information content (AvgIpc) is 2.34. The highest BCUT2D eigenvalue weighted by atomic mass is 19.3. The fraction of sp³-hybridized carbons (Fsp3) is 0.538. The van der Waals surface area contributed by atoms with Crippen LogP contribution in [0.25, 0.3) is 0 Å². The zero-order valence-electron chi connectivity index (χ0n) is 11.2. The van der Waals surface area contributed by atoms with E-state index in [1.165, 1.54) is 6.07 Å². The lowest BCUT2D eigenvalue weighted by molar-refractivity contribution is -0.0521. The summed E-state index contributed by atoms with van der Waals surface area (Å²) in [5, 5.41) is 3.16. The molecule has 4 nitrogen and oxygen atoms in total. The minimum Gasteiger partial charge on any atom is -0.432 e. The molecule has 1 fully saturated rings. The number of nitrogen functional groups attached to an aromatic ring is 1. The number of ether oxygens (including phenoxy) is 1. The fourth-order valence-corrected chi connectivity index (χ4v) is 2.38. The molecule has 1 aliphatic heterocycles. The maximum Gasteiger partial charge on any atom is 0.387 e. The molecule has 1 aliphatic rings. The van der Waals surface area contributed by atoms with E-state index in [1.54, 1.807) is 0 Å². The lowest BCUT2D eigenvalue weighted by Crippen LogP contribution is -2.39. The van der Waals surface area contributed by atoms with Crippen LogP contribution in [0, 0.1) is 5.82 Å². The Balaban J connectivity index is 2.13. The van der Waals surface area contributed by atoms with Gasteiger partial charge in [-0.2, -0.15) is 8.78 Å². The molecule has 3 N–H and O–H groups in total. The molecular formula is C13H18F3N3O. The first-order valence-corrected chi connectivity index (χ1v) is 6.44. The normalized spacial score (nSPS) is 20.1. The Hall–Kier alpha value is -1.63. The summed E-state index contributed by atoms with van der Waals surface area (Å²) >= 11 is 0. The second-order valence-electron chi connectivity index (χ2n) is 4.99. The highest BCUT2D eigenvalue weighted by Gasteiger charge is 2.19. The number of hydrogen-bond donors (Lipinski definition) is 2. The van der Waals surface area contributed by atoms with Crippen LogP contribution in [0.1, 0.15) is 12.8 Å². The van der Waals surface area contributed by atoms with Gasteiger partial charge in [-0.3, -0.25) is 0 Å². The highest BCUT2D eigenvalue weighted by Crippen LogP contribution is 2.30. The smallest absolute Gasteiger partial charge is 0.387 e. The Bertz CT molecular complexity index is 470. The predicted octanol–water partition coefficient (Wildman–Crippen LogP) is 2.52. The van der Waals surface area contributed by atoms with Crippen LogP contribution in [-0.2, 0) is 0 Å². The van der Waals surface area contributed by atoms with Crippen LogP contribution < -0.4 is 15.8 Å². The summed E-state index contributed by atoms with van der Waals surface area (Å²) in [5.74, 6) is -1.39. The summed E-state index contributed by atoms with van der Waals surface area (Å²) in [6.07, 6.45) is 1.99. The summed E-state index contributed by atoms with van der Waals surface area (Å²) < 4.78 is 42.0. The maximum atomic E-state index is 13.5. The number of rotatable bonds is 4. The molecule has 112 valence electrons. The minimum absolute atomic E-state index is 0.154. The molecule has 7 heteroatoms. The van der Waals surface area contributed by atoms with E-state index in [9.17, 15) is 13.2 Å². The van der Waals surface area contributed by atoms with Gasteiger partial charge < -0.3 is 20.7 Å². The van der Waals surface area contributed by atoms with E-state index in [2.05, 4.69) is 15.0 Å². The van der Waals surface area contributed by atoms with Crippen molar-refractivity contribution in [3.63, 3.8) is 0 Å². The lowest BCUT2D eigenvalue weighted by atomic mass is 10.1. The third-order valence-corrected chi connectivity index (χ3v) is 3.30. The zero-order valence-corrected chi connectivity index (χ0v) is 11.2. The van der Waals surface area contributed by atoms with Crippen LogP contribution in [0.4, 0.5) is 24.5 Å². The Kier molecular flexibility index (Phi) is 4.59. The Morgan fingerprint density at radius 1 is 1.45 bits per heavy atom. The molecular weight excluding hydrogens is 271 g/mol. The van der Waals surface area contributed by atoms with Crippen LogP contribution in [0.15, 0.2) is 12.1 Å². The summed E-state index contributed by atoms with van der Waals surface area (Å²) in [6, 6.07) is 2.33. The van der Waals surface area contributed by atoms with Crippen molar-refractivity contribution in [2.45, 2.75) is 25.5 Å². The van der Waals surface area contributed by atoms with Gasteiger partial charge in [-0.15, -0.1) is 0 Å². The molecule has 1 aromatic rings. The third-order valence-electron chi connectivity index (χ3n) is 3.30. The summed E-state index contributed by atoms with van der Waals surface area (Å²) in [4.78, 5) is 2.16. The van der Waals surface area contributed by atoms with E-state index in [0.717, 1.165) is 32.0 Å². The van der Waals surface area contributed by atoms with Crippen LogP contribution >= 0.6 is 0 Å². The number of anilines is 2. The fourth-order valence-electron chi connectivity index (χ4n) is 2.38. The van der Waals surface area contributed by atoms with Crippen LogP contribution in [0.2, 0.25) is 0 Å². The molecule has 0 amide bonds. The van der Waals surface area contributed by atoms with Gasteiger partial charge in [-0.25, -0.2) is 4.39 Å². The molecule has 2 rings (SSSR count). The Morgan fingerprint density at radius 3 is 2.85 bits per heavy atom. The minimum atomic E-state index is -3.07. The van der Waals surface area contributed by atoms with E-state index >= 15 is 0 Å². The van der Waals surface area contributed by atoms with E-state index in [4.69, 9.17) is 5.73 Å². The lowest BCUT2D eigenvalue weighted by Gasteiger charge is -2.31. The first-order chi connectivity index (χ1) is 9.45.